The first-order valence-corrected chi connectivity index (χ1v) is 7.76. The lowest BCUT2D eigenvalue weighted by Gasteiger charge is -2.14. The number of amides is 1. The van der Waals surface area contributed by atoms with Crippen molar-refractivity contribution in [2.24, 2.45) is 11.7 Å². The molecule has 1 aromatic heterocycles. The van der Waals surface area contributed by atoms with Gasteiger partial charge in [-0.1, -0.05) is 18.2 Å². The number of rotatable bonds is 4. The molecule has 0 saturated heterocycles. The van der Waals surface area contributed by atoms with Gasteiger partial charge in [-0.2, -0.15) is 0 Å². The van der Waals surface area contributed by atoms with Gasteiger partial charge in [0.2, 0.25) is 5.91 Å². The number of benzene rings is 1. The Morgan fingerprint density at radius 2 is 2.23 bits per heavy atom. The summed E-state index contributed by atoms with van der Waals surface area (Å²) in [7, 11) is 0. The van der Waals surface area contributed by atoms with Crippen LogP contribution in [-0.2, 0) is 11.3 Å². The van der Waals surface area contributed by atoms with Crippen LogP contribution in [-0.4, -0.2) is 21.5 Å². The maximum Gasteiger partial charge on any atom is 0.223 e. The molecule has 1 saturated carbocycles. The first-order valence-electron chi connectivity index (χ1n) is 7.76. The van der Waals surface area contributed by atoms with Crippen LogP contribution in [0.3, 0.4) is 0 Å². The first kappa shape index (κ1) is 14.8. The fourth-order valence-corrected chi connectivity index (χ4v) is 3.11. The number of para-hydroxylation sites is 1. The molecular formula is C17H22N4O. The number of hydrogen-bond acceptors (Lipinski definition) is 3. The van der Waals surface area contributed by atoms with Gasteiger partial charge in [0.05, 0.1) is 5.69 Å². The SMILES string of the molecule is Cc1nccn1-c1ccccc1CNC(=O)[C@H]1CC[C@@H](N)C1. The number of imidazole rings is 1. The summed E-state index contributed by atoms with van der Waals surface area (Å²) >= 11 is 0. The van der Waals surface area contributed by atoms with Gasteiger partial charge in [-0.3, -0.25) is 4.79 Å². The van der Waals surface area contributed by atoms with E-state index in [1.54, 1.807) is 6.20 Å². The highest BCUT2D eigenvalue weighted by Crippen LogP contribution is 2.24. The van der Waals surface area contributed by atoms with Crippen LogP contribution >= 0.6 is 0 Å². The molecule has 1 fully saturated rings. The van der Waals surface area contributed by atoms with Crippen molar-refractivity contribution in [3.05, 3.63) is 48.0 Å². The molecule has 0 spiro atoms. The average molecular weight is 298 g/mol. The van der Waals surface area contributed by atoms with Crippen molar-refractivity contribution in [3.63, 3.8) is 0 Å². The van der Waals surface area contributed by atoms with Gasteiger partial charge in [0.25, 0.3) is 0 Å². The van der Waals surface area contributed by atoms with Crippen molar-refractivity contribution in [2.75, 3.05) is 0 Å². The zero-order chi connectivity index (χ0) is 15.5. The van der Waals surface area contributed by atoms with Crippen molar-refractivity contribution in [3.8, 4) is 5.69 Å². The molecule has 22 heavy (non-hydrogen) atoms. The minimum absolute atomic E-state index is 0.0668. The minimum Gasteiger partial charge on any atom is -0.352 e. The van der Waals surface area contributed by atoms with E-state index in [9.17, 15) is 4.79 Å². The summed E-state index contributed by atoms with van der Waals surface area (Å²) in [5, 5.41) is 3.06. The van der Waals surface area contributed by atoms with E-state index in [-0.39, 0.29) is 17.9 Å². The third-order valence-corrected chi connectivity index (χ3v) is 4.37. The highest BCUT2D eigenvalue weighted by molar-refractivity contribution is 5.79. The normalized spacial score (nSPS) is 21.0. The summed E-state index contributed by atoms with van der Waals surface area (Å²) in [5.74, 6) is 1.11. The molecule has 0 unspecified atom stereocenters. The molecule has 1 aliphatic carbocycles. The Kier molecular flexibility index (Phi) is 4.24. The number of hydrogen-bond donors (Lipinski definition) is 2. The van der Waals surface area contributed by atoms with Gasteiger partial charge < -0.3 is 15.6 Å². The second-order valence-electron chi connectivity index (χ2n) is 5.96. The second kappa shape index (κ2) is 6.32. The highest BCUT2D eigenvalue weighted by atomic mass is 16.1. The van der Waals surface area contributed by atoms with Crippen LogP contribution in [0, 0.1) is 12.8 Å². The molecule has 0 bridgehead atoms. The zero-order valence-corrected chi connectivity index (χ0v) is 12.8. The number of nitrogens with two attached hydrogens (primary N) is 1. The number of nitrogens with one attached hydrogen (secondary N) is 1. The lowest BCUT2D eigenvalue weighted by molar-refractivity contribution is -0.125. The van der Waals surface area contributed by atoms with Crippen molar-refractivity contribution in [1.82, 2.24) is 14.9 Å². The molecule has 3 N–H and O–H groups in total. The minimum atomic E-state index is 0.0668. The van der Waals surface area contributed by atoms with Crippen LogP contribution in [0.5, 0.6) is 0 Å². The Labute approximate surface area is 130 Å². The molecule has 5 heteroatoms. The predicted octanol–water partition coefficient (Wildman–Crippen LogP) is 1.92. The summed E-state index contributed by atoms with van der Waals surface area (Å²) in [6.45, 7) is 2.49. The zero-order valence-electron chi connectivity index (χ0n) is 12.8. The van der Waals surface area contributed by atoms with Gasteiger partial charge in [0.1, 0.15) is 5.82 Å². The topological polar surface area (TPSA) is 72.9 Å². The van der Waals surface area contributed by atoms with Crippen LogP contribution in [0.15, 0.2) is 36.7 Å². The molecule has 1 heterocycles. The summed E-state index contributed by atoms with van der Waals surface area (Å²) in [4.78, 5) is 16.5. The Bertz CT molecular complexity index is 664. The molecule has 5 nitrogen and oxygen atoms in total. The molecule has 2 atom stereocenters. The van der Waals surface area contributed by atoms with Gasteiger partial charge in [-0.05, 0) is 37.8 Å². The van der Waals surface area contributed by atoms with E-state index in [2.05, 4.69) is 10.3 Å². The number of carbonyl (C=O) groups is 1. The highest BCUT2D eigenvalue weighted by Gasteiger charge is 2.27. The standard InChI is InChI=1S/C17H22N4O/c1-12-19-8-9-21(12)16-5-3-2-4-14(16)11-20-17(22)13-6-7-15(18)10-13/h2-5,8-9,13,15H,6-7,10-11,18H2,1H3,(H,20,22)/t13-,15+/m0/s1. The van der Waals surface area contributed by atoms with E-state index in [1.165, 1.54) is 0 Å². The average Bonchev–Trinajstić information content (AvgIpc) is 3.14. The van der Waals surface area contributed by atoms with E-state index in [4.69, 9.17) is 5.73 Å². The Morgan fingerprint density at radius 3 is 2.91 bits per heavy atom. The maximum absolute atomic E-state index is 12.2. The third-order valence-electron chi connectivity index (χ3n) is 4.37. The summed E-state index contributed by atoms with van der Waals surface area (Å²) in [6, 6.07) is 8.24. The van der Waals surface area contributed by atoms with E-state index in [1.807, 2.05) is 42.0 Å². The molecule has 3 rings (SSSR count). The Balaban J connectivity index is 1.71. The molecule has 0 aliphatic heterocycles. The number of carbonyl (C=O) groups excluding carboxylic acids is 1. The van der Waals surface area contributed by atoms with Crippen LogP contribution in [0.4, 0.5) is 0 Å². The van der Waals surface area contributed by atoms with Crippen molar-refractivity contribution in [2.45, 2.75) is 38.8 Å². The molecule has 1 aliphatic rings. The molecular weight excluding hydrogens is 276 g/mol. The number of aryl methyl sites for hydroxylation is 1. The Morgan fingerprint density at radius 1 is 1.41 bits per heavy atom. The van der Waals surface area contributed by atoms with E-state index in [0.717, 1.165) is 36.3 Å². The molecule has 116 valence electrons. The largest absolute Gasteiger partial charge is 0.352 e. The van der Waals surface area contributed by atoms with Gasteiger partial charge in [0, 0.05) is 30.9 Å². The smallest absolute Gasteiger partial charge is 0.223 e. The van der Waals surface area contributed by atoms with E-state index in [0.29, 0.717) is 6.54 Å². The maximum atomic E-state index is 12.2. The molecule has 1 aromatic carbocycles. The van der Waals surface area contributed by atoms with Crippen molar-refractivity contribution < 1.29 is 4.79 Å². The second-order valence-corrected chi connectivity index (χ2v) is 5.96. The predicted molar refractivity (Wildman–Crippen MR) is 85.5 cm³/mol. The summed E-state index contributed by atoms with van der Waals surface area (Å²) in [5.41, 5.74) is 8.02. The van der Waals surface area contributed by atoms with Crippen LogP contribution in [0.2, 0.25) is 0 Å². The fourth-order valence-electron chi connectivity index (χ4n) is 3.11. The monoisotopic (exact) mass is 298 g/mol. The molecule has 1 amide bonds. The van der Waals surface area contributed by atoms with Gasteiger partial charge >= 0.3 is 0 Å². The molecule has 2 aromatic rings. The lowest BCUT2D eigenvalue weighted by atomic mass is 10.1. The number of nitrogens with zero attached hydrogens (tertiary/aromatic N) is 2. The van der Waals surface area contributed by atoms with Gasteiger partial charge in [0.15, 0.2) is 0 Å². The number of aromatic nitrogens is 2. The van der Waals surface area contributed by atoms with Crippen LogP contribution in [0.25, 0.3) is 5.69 Å². The van der Waals surface area contributed by atoms with Crippen LogP contribution < -0.4 is 11.1 Å². The summed E-state index contributed by atoms with van der Waals surface area (Å²) < 4.78 is 2.03. The first-order chi connectivity index (χ1) is 10.6. The van der Waals surface area contributed by atoms with E-state index >= 15 is 0 Å². The van der Waals surface area contributed by atoms with Crippen LogP contribution in [0.1, 0.15) is 30.7 Å². The fraction of sp³-hybridized carbons (Fsp3) is 0.412. The Hall–Kier alpha value is -2.14. The lowest BCUT2D eigenvalue weighted by Crippen LogP contribution is -2.30. The van der Waals surface area contributed by atoms with Gasteiger partial charge in [-0.25, -0.2) is 4.98 Å². The van der Waals surface area contributed by atoms with Crippen molar-refractivity contribution in [1.29, 1.82) is 0 Å². The quantitative estimate of drug-likeness (QED) is 0.906. The third kappa shape index (κ3) is 3.04. The summed E-state index contributed by atoms with van der Waals surface area (Å²) in [6.07, 6.45) is 6.36. The van der Waals surface area contributed by atoms with E-state index < -0.39 is 0 Å². The molecule has 0 radical (unpaired) electrons. The van der Waals surface area contributed by atoms with Gasteiger partial charge in [-0.15, -0.1) is 0 Å². The van der Waals surface area contributed by atoms with Crippen molar-refractivity contribution >= 4 is 5.91 Å².